The molecule has 2 fully saturated rings. The highest BCUT2D eigenvalue weighted by molar-refractivity contribution is 5.91. The number of anilines is 1. The summed E-state index contributed by atoms with van der Waals surface area (Å²) in [6.45, 7) is 4.55. The standard InChI is InChI=1S/C24H29FN4O3/c25-19-7-6-8-20(17-19)32-22-10-3-2-9-21(22)26-24(31)29-15-13-27(14-16-29)18-23(30)28-11-4-1-5-12-28/h2-3,6-10,17H,1,4-5,11-16,18H2,(H,26,31). The first-order valence-corrected chi connectivity index (χ1v) is 11.2. The Morgan fingerprint density at radius 1 is 0.875 bits per heavy atom. The Hall–Kier alpha value is -3.13. The maximum atomic E-state index is 13.5. The zero-order valence-electron chi connectivity index (χ0n) is 18.1. The lowest BCUT2D eigenvalue weighted by atomic mass is 10.1. The molecule has 1 N–H and O–H groups in total. The average Bonchev–Trinajstić information content (AvgIpc) is 2.81. The monoisotopic (exact) mass is 440 g/mol. The number of urea groups is 1. The summed E-state index contributed by atoms with van der Waals surface area (Å²) in [6, 6.07) is 12.7. The van der Waals surface area contributed by atoms with Gasteiger partial charge in [0.2, 0.25) is 5.91 Å². The van der Waals surface area contributed by atoms with Gasteiger partial charge in [-0.3, -0.25) is 9.69 Å². The Bertz CT molecular complexity index is 940. The van der Waals surface area contributed by atoms with Crippen molar-refractivity contribution in [3.63, 3.8) is 0 Å². The van der Waals surface area contributed by atoms with Crippen LogP contribution in [0.25, 0.3) is 0 Å². The van der Waals surface area contributed by atoms with Crippen molar-refractivity contribution in [2.75, 3.05) is 51.1 Å². The lowest BCUT2D eigenvalue weighted by Gasteiger charge is -2.36. The summed E-state index contributed by atoms with van der Waals surface area (Å²) in [7, 11) is 0. The van der Waals surface area contributed by atoms with Gasteiger partial charge in [-0.2, -0.15) is 0 Å². The van der Waals surface area contributed by atoms with Crippen LogP contribution in [0, 0.1) is 5.82 Å². The van der Waals surface area contributed by atoms with E-state index in [1.807, 2.05) is 4.90 Å². The van der Waals surface area contributed by atoms with Crippen molar-refractivity contribution in [2.24, 2.45) is 0 Å². The van der Waals surface area contributed by atoms with Gasteiger partial charge in [-0.25, -0.2) is 9.18 Å². The van der Waals surface area contributed by atoms with Gasteiger partial charge in [-0.1, -0.05) is 18.2 Å². The summed E-state index contributed by atoms with van der Waals surface area (Å²) in [5.41, 5.74) is 0.518. The van der Waals surface area contributed by atoms with Gasteiger partial charge in [0.1, 0.15) is 11.6 Å². The molecule has 0 spiro atoms. The number of nitrogens with zero attached hydrogens (tertiary/aromatic N) is 3. The van der Waals surface area contributed by atoms with E-state index in [1.165, 1.54) is 18.6 Å². The maximum absolute atomic E-state index is 13.5. The second-order valence-electron chi connectivity index (χ2n) is 8.19. The lowest BCUT2D eigenvalue weighted by Crippen LogP contribution is -2.52. The van der Waals surface area contributed by atoms with Crippen molar-refractivity contribution in [1.29, 1.82) is 0 Å². The number of amides is 3. The predicted octanol–water partition coefficient (Wildman–Crippen LogP) is 3.78. The largest absolute Gasteiger partial charge is 0.455 e. The first-order chi connectivity index (χ1) is 15.6. The zero-order valence-corrected chi connectivity index (χ0v) is 18.1. The van der Waals surface area contributed by atoms with Crippen molar-refractivity contribution >= 4 is 17.6 Å². The van der Waals surface area contributed by atoms with E-state index in [-0.39, 0.29) is 17.8 Å². The molecule has 2 saturated heterocycles. The quantitative estimate of drug-likeness (QED) is 0.769. The number of rotatable bonds is 5. The topological polar surface area (TPSA) is 65.1 Å². The van der Waals surface area contributed by atoms with Gasteiger partial charge in [0, 0.05) is 45.3 Å². The van der Waals surface area contributed by atoms with E-state index in [0.29, 0.717) is 49.9 Å². The lowest BCUT2D eigenvalue weighted by molar-refractivity contribution is -0.133. The van der Waals surface area contributed by atoms with Crippen LogP contribution in [0.3, 0.4) is 0 Å². The molecule has 0 aliphatic carbocycles. The number of nitrogens with one attached hydrogen (secondary N) is 1. The third-order valence-corrected chi connectivity index (χ3v) is 5.88. The third-order valence-electron chi connectivity index (χ3n) is 5.88. The smallest absolute Gasteiger partial charge is 0.322 e. The molecule has 2 aromatic rings. The van der Waals surface area contributed by atoms with Crippen LogP contribution in [0.2, 0.25) is 0 Å². The molecule has 8 heteroatoms. The van der Waals surface area contributed by atoms with Crippen molar-refractivity contribution < 1.29 is 18.7 Å². The highest BCUT2D eigenvalue weighted by atomic mass is 19.1. The van der Waals surface area contributed by atoms with E-state index in [1.54, 1.807) is 41.3 Å². The molecule has 0 atom stereocenters. The molecule has 2 aliphatic heterocycles. The number of ether oxygens (including phenoxy) is 1. The van der Waals surface area contributed by atoms with Gasteiger partial charge in [0.05, 0.1) is 12.2 Å². The zero-order chi connectivity index (χ0) is 22.3. The van der Waals surface area contributed by atoms with Crippen LogP contribution in [-0.4, -0.2) is 72.5 Å². The van der Waals surface area contributed by atoms with Crippen LogP contribution in [0.4, 0.5) is 14.9 Å². The number of benzene rings is 2. The molecular formula is C24H29FN4O3. The van der Waals surface area contributed by atoms with Crippen LogP contribution < -0.4 is 10.1 Å². The number of likely N-dealkylation sites (tertiary alicyclic amines) is 1. The minimum absolute atomic E-state index is 0.186. The number of halogens is 1. The highest BCUT2D eigenvalue weighted by Crippen LogP contribution is 2.29. The van der Waals surface area contributed by atoms with Crippen LogP contribution in [0.5, 0.6) is 11.5 Å². The van der Waals surface area contributed by atoms with E-state index in [2.05, 4.69) is 10.2 Å². The fourth-order valence-electron chi connectivity index (χ4n) is 4.05. The molecule has 0 bridgehead atoms. The Morgan fingerprint density at radius 2 is 1.62 bits per heavy atom. The fourth-order valence-corrected chi connectivity index (χ4v) is 4.05. The fraction of sp³-hybridized carbons (Fsp3) is 0.417. The molecular weight excluding hydrogens is 411 g/mol. The molecule has 4 rings (SSSR count). The van der Waals surface area contributed by atoms with Crippen LogP contribution >= 0.6 is 0 Å². The molecule has 2 aliphatic rings. The van der Waals surface area contributed by atoms with Crippen molar-refractivity contribution in [1.82, 2.24) is 14.7 Å². The SMILES string of the molecule is O=C(CN1CCN(C(=O)Nc2ccccc2Oc2cccc(F)c2)CC1)N1CCCCC1. The minimum atomic E-state index is -0.388. The number of carbonyl (C=O) groups is 2. The molecule has 0 radical (unpaired) electrons. The number of hydrogen-bond donors (Lipinski definition) is 1. The van der Waals surface area contributed by atoms with E-state index in [0.717, 1.165) is 25.9 Å². The Morgan fingerprint density at radius 3 is 2.38 bits per heavy atom. The van der Waals surface area contributed by atoms with Gasteiger partial charge in [-0.05, 0) is 43.5 Å². The van der Waals surface area contributed by atoms with Crippen molar-refractivity contribution in [3.05, 3.63) is 54.3 Å². The first kappa shape index (κ1) is 22.1. The van der Waals surface area contributed by atoms with E-state index < -0.39 is 0 Å². The van der Waals surface area contributed by atoms with Crippen molar-refractivity contribution in [2.45, 2.75) is 19.3 Å². The summed E-state index contributed by atoms with van der Waals surface area (Å²) in [5, 5.41) is 2.90. The number of hydrogen-bond acceptors (Lipinski definition) is 4. The van der Waals surface area contributed by atoms with Gasteiger partial charge in [0.25, 0.3) is 0 Å². The molecule has 7 nitrogen and oxygen atoms in total. The van der Waals surface area contributed by atoms with Gasteiger partial charge in [-0.15, -0.1) is 0 Å². The van der Waals surface area contributed by atoms with Gasteiger partial charge in [0.15, 0.2) is 5.75 Å². The summed E-state index contributed by atoms with van der Waals surface area (Å²) >= 11 is 0. The summed E-state index contributed by atoms with van der Waals surface area (Å²) < 4.78 is 19.2. The second kappa shape index (κ2) is 10.5. The minimum Gasteiger partial charge on any atom is -0.455 e. The molecule has 170 valence electrons. The molecule has 2 heterocycles. The van der Waals surface area contributed by atoms with Gasteiger partial charge >= 0.3 is 6.03 Å². The number of piperidine rings is 1. The van der Waals surface area contributed by atoms with Gasteiger partial charge < -0.3 is 19.9 Å². The molecule has 0 saturated carbocycles. The molecule has 2 aromatic carbocycles. The number of para-hydroxylation sites is 2. The molecule has 0 unspecified atom stereocenters. The molecule has 0 aromatic heterocycles. The first-order valence-electron chi connectivity index (χ1n) is 11.2. The average molecular weight is 441 g/mol. The van der Waals surface area contributed by atoms with Crippen LogP contribution in [0.15, 0.2) is 48.5 Å². The second-order valence-corrected chi connectivity index (χ2v) is 8.19. The van der Waals surface area contributed by atoms with Crippen molar-refractivity contribution in [3.8, 4) is 11.5 Å². The Labute approximate surface area is 187 Å². The van der Waals surface area contributed by atoms with E-state index in [4.69, 9.17) is 4.74 Å². The van der Waals surface area contributed by atoms with Crippen LogP contribution in [-0.2, 0) is 4.79 Å². The summed E-state index contributed by atoms with van der Waals surface area (Å²) in [6.07, 6.45) is 3.38. The highest BCUT2D eigenvalue weighted by Gasteiger charge is 2.25. The number of carbonyl (C=O) groups excluding carboxylic acids is 2. The number of piperazine rings is 1. The van der Waals surface area contributed by atoms with Crippen LogP contribution in [0.1, 0.15) is 19.3 Å². The normalized spacial score (nSPS) is 17.2. The Kier molecular flexibility index (Phi) is 7.21. The maximum Gasteiger partial charge on any atom is 0.322 e. The van der Waals surface area contributed by atoms with E-state index >= 15 is 0 Å². The molecule has 3 amide bonds. The summed E-state index contributed by atoms with van der Waals surface area (Å²) in [4.78, 5) is 31.1. The third kappa shape index (κ3) is 5.76. The van der Waals surface area contributed by atoms with E-state index in [9.17, 15) is 14.0 Å². The Balaban J connectivity index is 1.29. The molecule has 32 heavy (non-hydrogen) atoms. The predicted molar refractivity (Wildman–Crippen MR) is 120 cm³/mol. The summed E-state index contributed by atoms with van der Waals surface area (Å²) in [5.74, 6) is 0.600.